The van der Waals surface area contributed by atoms with E-state index in [0.29, 0.717) is 0 Å². The van der Waals surface area contributed by atoms with E-state index in [9.17, 15) is 8.78 Å². The highest BCUT2D eigenvalue weighted by Crippen LogP contribution is 2.33. The molecule has 0 amide bonds. The van der Waals surface area contributed by atoms with Crippen LogP contribution in [0.3, 0.4) is 0 Å². The molecule has 2 rings (SSSR count). The molecule has 0 saturated carbocycles. The molecule has 1 aliphatic heterocycles. The lowest BCUT2D eigenvalue weighted by atomic mass is 9.72. The molecule has 1 aliphatic rings. The van der Waals surface area contributed by atoms with E-state index in [1.54, 1.807) is 12.1 Å². The Kier molecular flexibility index (Phi) is 3.72. The van der Waals surface area contributed by atoms with E-state index in [4.69, 9.17) is 9.31 Å². The lowest BCUT2D eigenvalue weighted by molar-refractivity contribution is -0.0716. The fraction of sp³-hybridized carbons (Fsp3) is 0.600. The van der Waals surface area contributed by atoms with Crippen molar-refractivity contribution in [2.24, 2.45) is 0 Å². The van der Waals surface area contributed by atoms with Crippen molar-refractivity contribution < 1.29 is 18.1 Å². The van der Waals surface area contributed by atoms with E-state index in [0.717, 1.165) is 18.8 Å². The minimum absolute atomic E-state index is 0.00409. The molecule has 1 aromatic rings. The first-order valence-corrected chi connectivity index (χ1v) is 6.82. The highest BCUT2D eigenvalue weighted by Gasteiger charge is 2.43. The van der Waals surface area contributed by atoms with Gasteiger partial charge in [-0.3, -0.25) is 0 Å². The molecular formula is C15H21BF2O2. The molecule has 0 N–H and O–H groups in total. The van der Waals surface area contributed by atoms with Crippen molar-refractivity contribution in [2.45, 2.75) is 58.2 Å². The van der Waals surface area contributed by atoms with Crippen LogP contribution in [0.1, 0.15) is 46.6 Å². The minimum atomic E-state index is -2.83. The van der Waals surface area contributed by atoms with Gasteiger partial charge in [0.05, 0.1) is 11.2 Å². The summed E-state index contributed by atoms with van der Waals surface area (Å²) in [5, 5.41) is 0. The van der Waals surface area contributed by atoms with Gasteiger partial charge in [-0.25, -0.2) is 8.78 Å². The van der Waals surface area contributed by atoms with Crippen LogP contribution in [0.25, 0.3) is 0 Å². The van der Waals surface area contributed by atoms with Crippen molar-refractivity contribution in [3.05, 3.63) is 29.8 Å². The molecule has 0 atom stereocenters. The van der Waals surface area contributed by atoms with Crippen LogP contribution in [-0.4, -0.2) is 18.3 Å². The van der Waals surface area contributed by atoms with Crippen molar-refractivity contribution in [1.29, 1.82) is 0 Å². The highest BCUT2D eigenvalue weighted by atomic mass is 19.3. The number of halogens is 2. The zero-order chi connectivity index (χ0) is 15.2. The third kappa shape index (κ3) is 3.58. The molecule has 20 heavy (non-hydrogen) atoms. The van der Waals surface area contributed by atoms with Crippen molar-refractivity contribution in [3.63, 3.8) is 0 Å². The summed E-state index contributed by atoms with van der Waals surface area (Å²) < 4.78 is 38.2. The van der Waals surface area contributed by atoms with Crippen molar-refractivity contribution in [3.8, 4) is 0 Å². The topological polar surface area (TPSA) is 18.5 Å². The van der Waals surface area contributed by atoms with Crippen LogP contribution in [0.5, 0.6) is 0 Å². The summed E-state index contributed by atoms with van der Waals surface area (Å²) in [5.41, 5.74) is 0.147. The number of alkyl halides is 2. The Labute approximate surface area is 119 Å². The standard InChI is InChI=1S/C15H21BF2O2/c1-13(2)10-14(3,4)20-16(19-13)12-8-6-11(7-9-12)15(5,17)18/h6-9H,10H2,1-5H3. The maximum Gasteiger partial charge on any atom is 0.494 e. The van der Waals surface area contributed by atoms with Crippen LogP contribution >= 0.6 is 0 Å². The molecule has 1 heterocycles. The van der Waals surface area contributed by atoms with Crippen LogP contribution in [0.15, 0.2) is 24.3 Å². The van der Waals surface area contributed by atoms with Crippen molar-refractivity contribution in [1.82, 2.24) is 0 Å². The van der Waals surface area contributed by atoms with Gasteiger partial charge in [-0.1, -0.05) is 24.3 Å². The first kappa shape index (κ1) is 15.5. The Morgan fingerprint density at radius 1 is 1.00 bits per heavy atom. The molecule has 0 aliphatic carbocycles. The Morgan fingerprint density at radius 3 is 1.85 bits per heavy atom. The van der Waals surface area contributed by atoms with Gasteiger partial charge in [0, 0.05) is 18.9 Å². The van der Waals surface area contributed by atoms with Crippen LogP contribution in [0.4, 0.5) is 8.78 Å². The zero-order valence-corrected chi connectivity index (χ0v) is 12.7. The first-order chi connectivity index (χ1) is 8.99. The molecule has 1 saturated heterocycles. The van der Waals surface area contributed by atoms with E-state index < -0.39 is 13.0 Å². The number of hydrogen-bond acceptors (Lipinski definition) is 2. The quantitative estimate of drug-likeness (QED) is 0.773. The minimum Gasteiger partial charge on any atom is -0.402 e. The Hall–Kier alpha value is -0.935. The predicted octanol–water partition coefficient (Wildman–Crippen LogP) is 3.49. The Balaban J connectivity index is 2.23. The summed E-state index contributed by atoms with van der Waals surface area (Å²) in [4.78, 5) is 0. The normalized spacial score (nSPS) is 21.9. The Bertz CT molecular complexity index is 462. The molecule has 0 radical (unpaired) electrons. The fourth-order valence-corrected chi connectivity index (χ4v) is 2.78. The highest BCUT2D eigenvalue weighted by molar-refractivity contribution is 6.61. The van der Waals surface area contributed by atoms with Gasteiger partial charge in [-0.15, -0.1) is 0 Å². The lowest BCUT2D eigenvalue weighted by Gasteiger charge is -2.44. The van der Waals surface area contributed by atoms with Gasteiger partial charge in [-0.2, -0.15) is 0 Å². The maximum absolute atomic E-state index is 13.2. The predicted molar refractivity (Wildman–Crippen MR) is 76.3 cm³/mol. The van der Waals surface area contributed by atoms with E-state index >= 15 is 0 Å². The van der Waals surface area contributed by atoms with Crippen LogP contribution in [0, 0.1) is 0 Å². The monoisotopic (exact) mass is 282 g/mol. The van der Waals surface area contributed by atoms with Crippen LogP contribution in [-0.2, 0) is 15.2 Å². The van der Waals surface area contributed by atoms with Crippen LogP contribution < -0.4 is 5.46 Å². The molecule has 2 nitrogen and oxygen atoms in total. The molecule has 1 aromatic carbocycles. The molecular weight excluding hydrogens is 261 g/mol. The fourth-order valence-electron chi connectivity index (χ4n) is 2.78. The van der Waals surface area contributed by atoms with Crippen LogP contribution in [0.2, 0.25) is 0 Å². The summed E-state index contributed by atoms with van der Waals surface area (Å²) in [5.74, 6) is -2.83. The lowest BCUT2D eigenvalue weighted by Crippen LogP contribution is -2.56. The molecule has 0 spiro atoms. The van der Waals surface area contributed by atoms with Crippen molar-refractivity contribution >= 4 is 12.6 Å². The van der Waals surface area contributed by atoms with Gasteiger partial charge < -0.3 is 9.31 Å². The van der Waals surface area contributed by atoms with E-state index in [1.807, 2.05) is 27.7 Å². The van der Waals surface area contributed by atoms with Gasteiger partial charge in [0.2, 0.25) is 0 Å². The maximum atomic E-state index is 13.2. The second-order valence-corrected chi connectivity index (χ2v) is 6.77. The van der Waals surface area contributed by atoms with E-state index in [-0.39, 0.29) is 16.8 Å². The van der Waals surface area contributed by atoms with E-state index in [2.05, 4.69) is 0 Å². The SMILES string of the molecule is CC1(C)CC(C)(C)OB(c2ccc(C(C)(F)F)cc2)O1. The van der Waals surface area contributed by atoms with Gasteiger partial charge >= 0.3 is 7.12 Å². The molecule has 0 unspecified atom stereocenters. The number of rotatable bonds is 2. The number of hydrogen-bond donors (Lipinski definition) is 0. The third-order valence-electron chi connectivity index (χ3n) is 3.39. The molecule has 0 aromatic heterocycles. The second kappa shape index (κ2) is 4.81. The second-order valence-electron chi connectivity index (χ2n) is 6.77. The third-order valence-corrected chi connectivity index (χ3v) is 3.39. The largest absolute Gasteiger partial charge is 0.494 e. The molecule has 5 heteroatoms. The number of benzene rings is 1. The van der Waals surface area contributed by atoms with Gasteiger partial charge in [-0.05, 0) is 33.2 Å². The molecule has 1 fully saturated rings. The zero-order valence-electron chi connectivity index (χ0n) is 12.7. The van der Waals surface area contributed by atoms with Crippen molar-refractivity contribution in [2.75, 3.05) is 0 Å². The molecule has 110 valence electrons. The smallest absolute Gasteiger partial charge is 0.402 e. The average molecular weight is 282 g/mol. The summed E-state index contributed by atoms with van der Waals surface area (Å²) in [6.07, 6.45) is 0.779. The van der Waals surface area contributed by atoms with Gasteiger partial charge in [0.1, 0.15) is 0 Å². The summed E-state index contributed by atoms with van der Waals surface area (Å²) >= 11 is 0. The van der Waals surface area contributed by atoms with E-state index in [1.165, 1.54) is 12.1 Å². The first-order valence-electron chi connectivity index (χ1n) is 6.82. The van der Waals surface area contributed by atoms with Gasteiger partial charge in [0.25, 0.3) is 5.92 Å². The summed E-state index contributed by atoms with van der Waals surface area (Å²) in [6.45, 7) is 8.94. The van der Waals surface area contributed by atoms with Gasteiger partial charge in [0.15, 0.2) is 0 Å². The molecule has 0 bridgehead atoms. The summed E-state index contributed by atoms with van der Waals surface area (Å²) in [6, 6.07) is 6.15. The Morgan fingerprint density at radius 2 is 1.45 bits per heavy atom. The summed E-state index contributed by atoms with van der Waals surface area (Å²) in [7, 11) is -0.520. The average Bonchev–Trinajstić information content (AvgIpc) is 2.24.